The van der Waals surface area contributed by atoms with Gasteiger partial charge < -0.3 is 10.6 Å². The van der Waals surface area contributed by atoms with Gasteiger partial charge in [0.1, 0.15) is 11.6 Å². The fourth-order valence-corrected chi connectivity index (χ4v) is 3.12. The van der Waals surface area contributed by atoms with Crippen molar-refractivity contribution in [2.75, 3.05) is 18.0 Å². The van der Waals surface area contributed by atoms with E-state index < -0.39 is 0 Å². The van der Waals surface area contributed by atoms with Crippen LogP contribution in [0.4, 0.5) is 10.2 Å². The Morgan fingerprint density at radius 3 is 2.31 bits per heavy atom. The quantitative estimate of drug-likeness (QED) is 0.786. The van der Waals surface area contributed by atoms with Crippen LogP contribution in [0.3, 0.4) is 0 Å². The summed E-state index contributed by atoms with van der Waals surface area (Å²) in [6.45, 7) is 1.74. The van der Waals surface area contributed by atoms with E-state index in [0.717, 1.165) is 48.6 Å². The number of benzene rings is 1. The first-order valence-corrected chi connectivity index (χ1v) is 8.75. The van der Waals surface area contributed by atoms with Crippen LogP contribution in [0, 0.1) is 5.82 Å². The summed E-state index contributed by atoms with van der Waals surface area (Å²) in [5, 5.41) is 0. The van der Waals surface area contributed by atoms with Crippen molar-refractivity contribution >= 4 is 5.82 Å². The second kappa shape index (κ2) is 7.17. The Hall–Kier alpha value is -2.86. The largest absolute Gasteiger partial charge is 0.356 e. The third-order valence-corrected chi connectivity index (χ3v) is 4.65. The minimum absolute atomic E-state index is 0.254. The van der Waals surface area contributed by atoms with Crippen molar-refractivity contribution in [1.82, 2.24) is 15.0 Å². The number of anilines is 1. The Labute approximate surface area is 151 Å². The van der Waals surface area contributed by atoms with Gasteiger partial charge in [-0.15, -0.1) is 0 Å². The predicted octanol–water partition coefficient (Wildman–Crippen LogP) is 3.27. The van der Waals surface area contributed by atoms with E-state index in [1.807, 2.05) is 18.2 Å². The lowest BCUT2D eigenvalue weighted by molar-refractivity contribution is 0.498. The van der Waals surface area contributed by atoms with Gasteiger partial charge in [0.05, 0.1) is 5.69 Å². The lowest BCUT2D eigenvalue weighted by atomic mass is 10.1. The first-order chi connectivity index (χ1) is 12.7. The molecule has 26 heavy (non-hydrogen) atoms. The Morgan fingerprint density at radius 1 is 0.923 bits per heavy atom. The van der Waals surface area contributed by atoms with E-state index in [9.17, 15) is 4.39 Å². The molecule has 3 heterocycles. The molecule has 3 aromatic rings. The number of hydrogen-bond donors (Lipinski definition) is 1. The Balaban J connectivity index is 1.78. The van der Waals surface area contributed by atoms with Crippen LogP contribution in [-0.2, 0) is 0 Å². The van der Waals surface area contributed by atoms with E-state index in [1.165, 1.54) is 12.1 Å². The molecule has 1 saturated heterocycles. The molecule has 2 N–H and O–H groups in total. The second-order valence-corrected chi connectivity index (χ2v) is 6.50. The number of aromatic nitrogens is 3. The van der Waals surface area contributed by atoms with Gasteiger partial charge in [-0.2, -0.15) is 0 Å². The van der Waals surface area contributed by atoms with Gasteiger partial charge in [0.2, 0.25) is 0 Å². The molecule has 0 aliphatic carbocycles. The monoisotopic (exact) mass is 349 g/mol. The fraction of sp³-hybridized carbons (Fsp3) is 0.250. The molecule has 5 nitrogen and oxygen atoms in total. The highest BCUT2D eigenvalue weighted by molar-refractivity contribution is 5.67. The van der Waals surface area contributed by atoms with E-state index in [1.54, 1.807) is 24.5 Å². The molecule has 0 amide bonds. The Kier molecular flexibility index (Phi) is 4.58. The van der Waals surface area contributed by atoms with E-state index in [4.69, 9.17) is 15.7 Å². The molecule has 0 atom stereocenters. The molecule has 0 radical (unpaired) electrons. The van der Waals surface area contributed by atoms with E-state index >= 15 is 0 Å². The van der Waals surface area contributed by atoms with Crippen molar-refractivity contribution in [1.29, 1.82) is 0 Å². The van der Waals surface area contributed by atoms with Crippen LogP contribution < -0.4 is 10.6 Å². The van der Waals surface area contributed by atoms with Crippen molar-refractivity contribution < 1.29 is 4.39 Å². The SMILES string of the molecule is NC1CCN(c2cc(-c3ccncc3)nc(-c3ccc(F)cc3)n2)CC1. The van der Waals surface area contributed by atoms with Crippen LogP contribution in [0.1, 0.15) is 12.8 Å². The van der Waals surface area contributed by atoms with Crippen LogP contribution in [0.25, 0.3) is 22.6 Å². The molecule has 132 valence electrons. The molecule has 0 bridgehead atoms. The highest BCUT2D eigenvalue weighted by atomic mass is 19.1. The maximum absolute atomic E-state index is 13.3. The van der Waals surface area contributed by atoms with Gasteiger partial charge >= 0.3 is 0 Å². The van der Waals surface area contributed by atoms with Gasteiger partial charge in [-0.25, -0.2) is 14.4 Å². The molecule has 0 unspecified atom stereocenters. The van der Waals surface area contributed by atoms with Gasteiger partial charge in [0, 0.05) is 48.7 Å². The van der Waals surface area contributed by atoms with Crippen molar-refractivity contribution in [3.8, 4) is 22.6 Å². The van der Waals surface area contributed by atoms with Crippen molar-refractivity contribution in [3.05, 3.63) is 60.7 Å². The summed E-state index contributed by atoms with van der Waals surface area (Å²) in [7, 11) is 0. The molecule has 0 saturated carbocycles. The van der Waals surface area contributed by atoms with Gasteiger partial charge in [0.25, 0.3) is 0 Å². The zero-order valence-corrected chi connectivity index (χ0v) is 14.3. The van der Waals surface area contributed by atoms with Gasteiger partial charge in [-0.1, -0.05) is 0 Å². The number of halogens is 1. The number of pyridine rings is 1. The number of nitrogens with two attached hydrogens (primary N) is 1. The van der Waals surface area contributed by atoms with Crippen molar-refractivity contribution in [3.63, 3.8) is 0 Å². The predicted molar refractivity (Wildman–Crippen MR) is 100 cm³/mol. The first-order valence-electron chi connectivity index (χ1n) is 8.75. The maximum Gasteiger partial charge on any atom is 0.162 e. The fourth-order valence-electron chi connectivity index (χ4n) is 3.12. The van der Waals surface area contributed by atoms with Gasteiger partial charge in [-0.05, 0) is 49.2 Å². The van der Waals surface area contributed by atoms with Gasteiger partial charge in [0.15, 0.2) is 5.82 Å². The van der Waals surface area contributed by atoms with Gasteiger partial charge in [-0.3, -0.25) is 4.98 Å². The first kappa shape index (κ1) is 16.6. The average molecular weight is 349 g/mol. The average Bonchev–Trinajstić information content (AvgIpc) is 2.69. The standard InChI is InChI=1S/C20H20FN5/c21-16-3-1-15(2-4-16)20-24-18(14-5-9-23-10-6-14)13-19(25-20)26-11-7-17(22)8-12-26/h1-6,9-10,13,17H,7-8,11-12,22H2. The van der Waals surface area contributed by atoms with Crippen molar-refractivity contribution in [2.24, 2.45) is 5.73 Å². The summed E-state index contributed by atoms with van der Waals surface area (Å²) in [6, 6.07) is 12.4. The van der Waals surface area contributed by atoms with Crippen LogP contribution >= 0.6 is 0 Å². The number of hydrogen-bond acceptors (Lipinski definition) is 5. The number of piperidine rings is 1. The molecule has 6 heteroatoms. The molecule has 1 aromatic carbocycles. The lowest BCUT2D eigenvalue weighted by Crippen LogP contribution is -2.40. The molecular weight excluding hydrogens is 329 g/mol. The Morgan fingerprint density at radius 2 is 1.62 bits per heavy atom. The highest BCUT2D eigenvalue weighted by Crippen LogP contribution is 2.27. The third kappa shape index (κ3) is 3.55. The molecule has 0 spiro atoms. The van der Waals surface area contributed by atoms with Crippen LogP contribution in [-0.4, -0.2) is 34.1 Å². The normalized spacial score (nSPS) is 15.2. The summed E-state index contributed by atoms with van der Waals surface area (Å²) in [4.78, 5) is 15.8. The zero-order valence-electron chi connectivity index (χ0n) is 14.3. The van der Waals surface area contributed by atoms with Crippen molar-refractivity contribution in [2.45, 2.75) is 18.9 Å². The second-order valence-electron chi connectivity index (χ2n) is 6.50. The van der Waals surface area contributed by atoms with Crippen LogP contribution in [0.5, 0.6) is 0 Å². The van der Waals surface area contributed by atoms with E-state index in [0.29, 0.717) is 5.82 Å². The summed E-state index contributed by atoms with van der Waals surface area (Å²) < 4.78 is 13.3. The lowest BCUT2D eigenvalue weighted by Gasteiger charge is -2.31. The summed E-state index contributed by atoms with van der Waals surface area (Å²) in [5.74, 6) is 1.19. The molecule has 1 aliphatic rings. The maximum atomic E-state index is 13.3. The molecule has 2 aromatic heterocycles. The van der Waals surface area contributed by atoms with Crippen LogP contribution in [0.15, 0.2) is 54.9 Å². The Bertz CT molecular complexity index is 874. The van der Waals surface area contributed by atoms with E-state index in [-0.39, 0.29) is 11.9 Å². The highest BCUT2D eigenvalue weighted by Gasteiger charge is 2.19. The smallest absolute Gasteiger partial charge is 0.162 e. The minimum Gasteiger partial charge on any atom is -0.356 e. The molecular formula is C20H20FN5. The summed E-state index contributed by atoms with van der Waals surface area (Å²) >= 11 is 0. The minimum atomic E-state index is -0.274. The molecule has 1 fully saturated rings. The summed E-state index contributed by atoms with van der Waals surface area (Å²) in [6.07, 6.45) is 5.38. The summed E-state index contributed by atoms with van der Waals surface area (Å²) in [5.41, 5.74) is 8.62. The molecule has 4 rings (SSSR count). The zero-order chi connectivity index (χ0) is 17.9. The number of rotatable bonds is 3. The van der Waals surface area contributed by atoms with E-state index in [2.05, 4.69) is 9.88 Å². The van der Waals surface area contributed by atoms with Crippen LogP contribution in [0.2, 0.25) is 0 Å². The third-order valence-electron chi connectivity index (χ3n) is 4.65. The number of nitrogens with zero attached hydrogens (tertiary/aromatic N) is 4. The topological polar surface area (TPSA) is 67.9 Å². The molecule has 1 aliphatic heterocycles.